The predicted molar refractivity (Wildman–Crippen MR) is 86.2 cm³/mol. The van der Waals surface area contributed by atoms with Crippen LogP contribution in [0, 0.1) is 0 Å². The number of para-hydroxylation sites is 1. The standard InChI is InChI=1S/C14H22N2O2S2/c1-2-19-14-9-5-8-13(14)16-20(17,18)10-11-6-3-4-7-12(11)15/h3-4,6-7,13-14,16H,2,5,8-10,15H2,1H3. The van der Waals surface area contributed by atoms with Gasteiger partial charge in [0.2, 0.25) is 10.0 Å². The Bertz CT molecular complexity index is 546. The third-order valence-electron chi connectivity index (χ3n) is 3.56. The van der Waals surface area contributed by atoms with Crippen LogP contribution in [0.25, 0.3) is 0 Å². The molecule has 0 bridgehead atoms. The maximum absolute atomic E-state index is 12.3. The number of hydrogen-bond acceptors (Lipinski definition) is 4. The molecule has 2 unspecified atom stereocenters. The van der Waals surface area contributed by atoms with Crippen LogP contribution in [0.1, 0.15) is 31.7 Å². The lowest BCUT2D eigenvalue weighted by Crippen LogP contribution is -2.39. The van der Waals surface area contributed by atoms with E-state index in [1.165, 1.54) is 0 Å². The monoisotopic (exact) mass is 314 g/mol. The SMILES string of the molecule is CCSC1CCCC1NS(=O)(=O)Cc1ccccc1N. The predicted octanol–water partition coefficient (Wildman–Crippen LogP) is 2.36. The molecule has 0 spiro atoms. The van der Waals surface area contributed by atoms with Crippen LogP contribution in [0.3, 0.4) is 0 Å². The molecule has 0 aromatic heterocycles. The van der Waals surface area contributed by atoms with Gasteiger partial charge in [0.25, 0.3) is 0 Å². The van der Waals surface area contributed by atoms with E-state index in [0.717, 1.165) is 25.0 Å². The quantitative estimate of drug-likeness (QED) is 0.791. The summed E-state index contributed by atoms with van der Waals surface area (Å²) >= 11 is 1.85. The smallest absolute Gasteiger partial charge is 0.216 e. The lowest BCUT2D eigenvalue weighted by Gasteiger charge is -2.20. The molecule has 6 heteroatoms. The van der Waals surface area contributed by atoms with Crippen LogP contribution in [0.2, 0.25) is 0 Å². The molecule has 2 rings (SSSR count). The summed E-state index contributed by atoms with van der Waals surface area (Å²) in [6.45, 7) is 2.11. The van der Waals surface area contributed by atoms with Gasteiger partial charge in [-0.15, -0.1) is 0 Å². The number of rotatable bonds is 6. The Morgan fingerprint density at radius 3 is 2.80 bits per heavy atom. The van der Waals surface area contributed by atoms with E-state index < -0.39 is 10.0 Å². The van der Waals surface area contributed by atoms with Gasteiger partial charge in [0, 0.05) is 17.0 Å². The molecule has 1 aliphatic carbocycles. The lowest BCUT2D eigenvalue weighted by atomic mass is 10.2. The van der Waals surface area contributed by atoms with E-state index in [4.69, 9.17) is 5.73 Å². The fourth-order valence-corrected chi connectivity index (χ4v) is 5.40. The molecule has 0 saturated heterocycles. The van der Waals surface area contributed by atoms with Gasteiger partial charge in [0.05, 0.1) is 5.75 Å². The zero-order valence-corrected chi connectivity index (χ0v) is 13.3. The van der Waals surface area contributed by atoms with Gasteiger partial charge >= 0.3 is 0 Å². The Morgan fingerprint density at radius 2 is 2.10 bits per heavy atom. The molecule has 1 aromatic carbocycles. The van der Waals surface area contributed by atoms with Gasteiger partial charge in [-0.05, 0) is 30.2 Å². The number of sulfonamides is 1. The van der Waals surface area contributed by atoms with Crippen LogP contribution in [0.5, 0.6) is 0 Å². The first kappa shape index (κ1) is 15.7. The maximum atomic E-state index is 12.3. The van der Waals surface area contributed by atoms with E-state index >= 15 is 0 Å². The number of nitrogen functional groups attached to an aromatic ring is 1. The minimum Gasteiger partial charge on any atom is -0.398 e. The summed E-state index contributed by atoms with van der Waals surface area (Å²) in [4.78, 5) is 0. The van der Waals surface area contributed by atoms with Crippen LogP contribution in [0.4, 0.5) is 5.69 Å². The molecule has 0 heterocycles. The molecule has 1 fully saturated rings. The molecule has 0 aliphatic heterocycles. The molecule has 20 heavy (non-hydrogen) atoms. The molecule has 1 aromatic rings. The summed E-state index contributed by atoms with van der Waals surface area (Å²) in [5.41, 5.74) is 7.01. The average molecular weight is 314 g/mol. The molecule has 1 saturated carbocycles. The summed E-state index contributed by atoms with van der Waals surface area (Å²) in [5, 5.41) is 0.405. The van der Waals surface area contributed by atoms with Crippen LogP contribution in [0.15, 0.2) is 24.3 Å². The Hall–Kier alpha value is -0.720. The Balaban J connectivity index is 2.02. The van der Waals surface area contributed by atoms with E-state index in [0.29, 0.717) is 16.5 Å². The van der Waals surface area contributed by atoms with Crippen molar-refractivity contribution in [2.75, 3.05) is 11.5 Å². The molecule has 112 valence electrons. The largest absolute Gasteiger partial charge is 0.398 e. The fourth-order valence-electron chi connectivity index (χ4n) is 2.62. The van der Waals surface area contributed by atoms with Crippen LogP contribution >= 0.6 is 11.8 Å². The zero-order valence-electron chi connectivity index (χ0n) is 11.7. The second-order valence-corrected chi connectivity index (χ2v) is 8.38. The lowest BCUT2D eigenvalue weighted by molar-refractivity contribution is 0.554. The summed E-state index contributed by atoms with van der Waals surface area (Å²) < 4.78 is 27.4. The highest BCUT2D eigenvalue weighted by molar-refractivity contribution is 8.00. The Kier molecular flexibility index (Phi) is 5.35. The van der Waals surface area contributed by atoms with E-state index in [9.17, 15) is 8.42 Å². The average Bonchev–Trinajstić information content (AvgIpc) is 2.79. The fraction of sp³-hybridized carbons (Fsp3) is 0.571. The van der Waals surface area contributed by atoms with Crippen LogP contribution in [-0.2, 0) is 15.8 Å². The molecule has 0 amide bonds. The van der Waals surface area contributed by atoms with Crippen molar-refractivity contribution in [1.29, 1.82) is 0 Å². The highest BCUT2D eigenvalue weighted by atomic mass is 32.2. The second kappa shape index (κ2) is 6.83. The van der Waals surface area contributed by atoms with Gasteiger partial charge in [-0.25, -0.2) is 13.1 Å². The highest BCUT2D eigenvalue weighted by Crippen LogP contribution is 2.30. The highest BCUT2D eigenvalue weighted by Gasteiger charge is 2.30. The first-order valence-electron chi connectivity index (χ1n) is 6.97. The molecule has 0 radical (unpaired) electrons. The molecular weight excluding hydrogens is 292 g/mol. The molecule has 1 aliphatic rings. The first-order chi connectivity index (χ1) is 9.52. The van der Waals surface area contributed by atoms with E-state index in [1.807, 2.05) is 23.9 Å². The third-order valence-corrected chi connectivity index (χ3v) is 6.24. The van der Waals surface area contributed by atoms with Crippen molar-refractivity contribution < 1.29 is 8.42 Å². The van der Waals surface area contributed by atoms with Gasteiger partial charge in [-0.1, -0.05) is 31.5 Å². The van der Waals surface area contributed by atoms with Gasteiger partial charge in [-0.2, -0.15) is 11.8 Å². The number of hydrogen-bond donors (Lipinski definition) is 2. The van der Waals surface area contributed by atoms with Gasteiger partial charge in [-0.3, -0.25) is 0 Å². The molecule has 2 atom stereocenters. The van der Waals surface area contributed by atoms with Crippen molar-refractivity contribution in [2.24, 2.45) is 0 Å². The summed E-state index contributed by atoms with van der Waals surface area (Å²) in [6, 6.07) is 7.18. The molecule has 4 nitrogen and oxygen atoms in total. The van der Waals surface area contributed by atoms with E-state index in [1.54, 1.807) is 12.1 Å². The number of thioether (sulfide) groups is 1. The molecule has 3 N–H and O–H groups in total. The van der Waals surface area contributed by atoms with Crippen molar-refractivity contribution in [1.82, 2.24) is 4.72 Å². The normalized spacial score (nSPS) is 23.1. The van der Waals surface area contributed by atoms with Gasteiger partial charge in [0.1, 0.15) is 0 Å². The summed E-state index contributed by atoms with van der Waals surface area (Å²) in [5.74, 6) is 0.980. The van der Waals surface area contributed by atoms with Crippen molar-refractivity contribution in [3.05, 3.63) is 29.8 Å². The van der Waals surface area contributed by atoms with Crippen LogP contribution < -0.4 is 10.5 Å². The zero-order chi connectivity index (χ0) is 14.6. The maximum Gasteiger partial charge on any atom is 0.216 e. The minimum atomic E-state index is -3.34. The van der Waals surface area contributed by atoms with Crippen molar-refractivity contribution in [3.8, 4) is 0 Å². The van der Waals surface area contributed by atoms with Crippen molar-refractivity contribution in [2.45, 2.75) is 43.2 Å². The number of nitrogens with one attached hydrogen (secondary N) is 1. The minimum absolute atomic E-state index is 0.0420. The van der Waals surface area contributed by atoms with Crippen molar-refractivity contribution in [3.63, 3.8) is 0 Å². The molecular formula is C14H22N2O2S2. The second-order valence-electron chi connectivity index (χ2n) is 5.11. The Morgan fingerprint density at radius 1 is 1.35 bits per heavy atom. The topological polar surface area (TPSA) is 72.2 Å². The van der Waals surface area contributed by atoms with Crippen LogP contribution in [-0.4, -0.2) is 25.5 Å². The summed E-state index contributed by atoms with van der Waals surface area (Å²) in [6.07, 6.45) is 3.12. The van der Waals surface area contributed by atoms with E-state index in [2.05, 4.69) is 11.6 Å². The van der Waals surface area contributed by atoms with E-state index in [-0.39, 0.29) is 11.8 Å². The number of benzene rings is 1. The van der Waals surface area contributed by atoms with Gasteiger partial charge < -0.3 is 5.73 Å². The third kappa shape index (κ3) is 4.14. The number of nitrogens with two attached hydrogens (primary N) is 1. The summed E-state index contributed by atoms with van der Waals surface area (Å²) in [7, 11) is -3.34. The first-order valence-corrected chi connectivity index (χ1v) is 9.67. The van der Waals surface area contributed by atoms with Gasteiger partial charge in [0.15, 0.2) is 0 Å². The van der Waals surface area contributed by atoms with Crippen molar-refractivity contribution >= 4 is 27.5 Å². The Labute approximate surface area is 125 Å². The number of anilines is 1.